The molecule has 3 rings (SSSR count). The van der Waals surface area contributed by atoms with Crippen molar-refractivity contribution in [1.29, 1.82) is 0 Å². The van der Waals surface area contributed by atoms with Crippen molar-refractivity contribution in [2.45, 2.75) is 58.2 Å². The molecule has 6 heteroatoms. The average Bonchev–Trinajstić information content (AvgIpc) is 3.32. The Morgan fingerprint density at radius 1 is 0.913 bits per heavy atom. The second kappa shape index (κ2) is 6.58. The number of aliphatic hydroxyl groups is 1. The summed E-state index contributed by atoms with van der Waals surface area (Å²) in [4.78, 5) is 0. The Bertz CT molecular complexity index is 386. The molecule has 23 heavy (non-hydrogen) atoms. The Kier molecular flexibility index (Phi) is 5.03. The van der Waals surface area contributed by atoms with Gasteiger partial charge in [-0.3, -0.25) is 0 Å². The zero-order chi connectivity index (χ0) is 16.7. The maximum Gasteiger partial charge on any atom is 0.104 e. The van der Waals surface area contributed by atoms with Gasteiger partial charge in [-0.05, 0) is 0 Å². The minimum absolute atomic E-state index is 0.0431. The molecule has 2 saturated heterocycles. The summed E-state index contributed by atoms with van der Waals surface area (Å²) in [5.74, 6) is 0. The van der Waals surface area contributed by atoms with E-state index in [1.165, 1.54) is 0 Å². The second-order valence-corrected chi connectivity index (χ2v) is 8.17. The Morgan fingerprint density at radius 3 is 2.00 bits per heavy atom. The van der Waals surface area contributed by atoms with Crippen LogP contribution in [0.1, 0.15) is 27.7 Å². The lowest BCUT2D eigenvalue weighted by Crippen LogP contribution is -2.69. The maximum atomic E-state index is 10.0. The van der Waals surface area contributed by atoms with Gasteiger partial charge in [-0.15, -0.1) is 0 Å². The first-order valence-corrected chi connectivity index (χ1v) is 8.54. The number of hydrogen-bond acceptors (Lipinski definition) is 6. The smallest absolute Gasteiger partial charge is 0.104 e. The third-order valence-electron chi connectivity index (χ3n) is 5.03. The van der Waals surface area contributed by atoms with Crippen molar-refractivity contribution in [3.05, 3.63) is 0 Å². The van der Waals surface area contributed by atoms with E-state index in [0.717, 1.165) is 13.2 Å². The van der Waals surface area contributed by atoms with Crippen molar-refractivity contribution >= 4 is 0 Å². The van der Waals surface area contributed by atoms with Gasteiger partial charge in [0.15, 0.2) is 0 Å². The molecule has 0 spiro atoms. The molecule has 6 nitrogen and oxygen atoms in total. The summed E-state index contributed by atoms with van der Waals surface area (Å²) in [6.07, 6.45) is 0.0586. The summed E-state index contributed by atoms with van der Waals surface area (Å²) in [5.41, 5.74) is -0.165. The van der Waals surface area contributed by atoms with Crippen LogP contribution in [0.25, 0.3) is 0 Å². The number of rotatable bonds is 10. The van der Waals surface area contributed by atoms with Gasteiger partial charge in [-0.2, -0.15) is 0 Å². The van der Waals surface area contributed by atoms with Gasteiger partial charge in [-0.25, -0.2) is 0 Å². The fourth-order valence-corrected chi connectivity index (χ4v) is 4.08. The van der Waals surface area contributed by atoms with E-state index in [-0.39, 0.29) is 48.5 Å². The van der Waals surface area contributed by atoms with Crippen LogP contribution < -0.4 is 0 Å². The minimum atomic E-state index is -0.611. The maximum absolute atomic E-state index is 10.0. The Labute approximate surface area is 138 Å². The highest BCUT2D eigenvalue weighted by atomic mass is 16.6. The fraction of sp³-hybridized carbons (Fsp3) is 1.00. The lowest BCUT2D eigenvalue weighted by atomic mass is 9.51. The molecule has 134 valence electrons. The van der Waals surface area contributed by atoms with Crippen LogP contribution in [0.2, 0.25) is 0 Å². The van der Waals surface area contributed by atoms with Gasteiger partial charge in [0.1, 0.15) is 18.3 Å². The molecule has 1 N–H and O–H groups in total. The van der Waals surface area contributed by atoms with Gasteiger partial charge in [0.05, 0.1) is 51.8 Å². The molecule has 3 atom stereocenters. The van der Waals surface area contributed by atoms with Crippen LogP contribution in [0, 0.1) is 10.8 Å². The topological polar surface area (TPSA) is 73.0 Å². The van der Waals surface area contributed by atoms with Crippen molar-refractivity contribution < 1.29 is 28.8 Å². The van der Waals surface area contributed by atoms with E-state index in [1.807, 2.05) is 0 Å². The third kappa shape index (κ3) is 4.06. The van der Waals surface area contributed by atoms with Crippen molar-refractivity contribution in [1.82, 2.24) is 0 Å². The molecule has 0 radical (unpaired) electrons. The van der Waals surface area contributed by atoms with Crippen LogP contribution in [0.15, 0.2) is 0 Å². The molecule has 0 amide bonds. The van der Waals surface area contributed by atoms with E-state index in [9.17, 15) is 5.11 Å². The normalized spacial score (nSPS) is 38.0. The molecule has 3 fully saturated rings. The molecule has 0 aromatic heterocycles. The number of epoxide rings is 2. The highest BCUT2D eigenvalue weighted by Gasteiger charge is 2.63. The Balaban J connectivity index is 1.40. The van der Waals surface area contributed by atoms with E-state index in [4.69, 9.17) is 23.7 Å². The summed E-state index contributed by atoms with van der Waals surface area (Å²) in [7, 11) is 0. The molecule has 0 bridgehead atoms. The van der Waals surface area contributed by atoms with Crippen LogP contribution in [0.5, 0.6) is 0 Å². The van der Waals surface area contributed by atoms with Gasteiger partial charge in [0.25, 0.3) is 0 Å². The zero-order valence-corrected chi connectivity index (χ0v) is 14.6. The first-order valence-electron chi connectivity index (χ1n) is 8.54. The van der Waals surface area contributed by atoms with Crippen LogP contribution in [0.4, 0.5) is 0 Å². The summed E-state index contributed by atoms with van der Waals surface area (Å²) < 4.78 is 27.8. The van der Waals surface area contributed by atoms with E-state index in [0.29, 0.717) is 13.2 Å². The summed E-state index contributed by atoms with van der Waals surface area (Å²) >= 11 is 0. The molecular weight excluding hydrogens is 300 g/mol. The van der Waals surface area contributed by atoms with Crippen LogP contribution in [-0.4, -0.2) is 75.3 Å². The van der Waals surface area contributed by atoms with E-state index >= 15 is 0 Å². The molecule has 0 aromatic rings. The fourth-order valence-electron chi connectivity index (χ4n) is 4.08. The van der Waals surface area contributed by atoms with Crippen molar-refractivity contribution in [2.24, 2.45) is 10.8 Å². The van der Waals surface area contributed by atoms with Gasteiger partial charge in [0.2, 0.25) is 0 Å². The van der Waals surface area contributed by atoms with Crippen LogP contribution >= 0.6 is 0 Å². The van der Waals surface area contributed by atoms with Crippen LogP contribution in [-0.2, 0) is 23.7 Å². The molecular formula is C17H30O6. The summed E-state index contributed by atoms with van der Waals surface area (Å²) in [6, 6.07) is 0. The van der Waals surface area contributed by atoms with Gasteiger partial charge in [-0.1, -0.05) is 27.7 Å². The first kappa shape index (κ1) is 17.6. The Morgan fingerprint density at radius 2 is 1.43 bits per heavy atom. The third-order valence-corrected chi connectivity index (χ3v) is 5.03. The molecule has 1 saturated carbocycles. The minimum Gasteiger partial charge on any atom is -0.388 e. The molecule has 2 aliphatic heterocycles. The highest BCUT2D eigenvalue weighted by molar-refractivity contribution is 5.12. The average molecular weight is 330 g/mol. The monoisotopic (exact) mass is 330 g/mol. The standard InChI is InChI=1S/C17H30O6/c1-16(2)14(17(3,4)15(16)23-10-13-9-21-13)22-6-11(18)5-19-7-12-8-20-12/h11-15,18H,5-10H2,1-4H3. The molecule has 3 unspecified atom stereocenters. The van der Waals surface area contributed by atoms with Crippen molar-refractivity contribution in [3.63, 3.8) is 0 Å². The van der Waals surface area contributed by atoms with Gasteiger partial charge >= 0.3 is 0 Å². The lowest BCUT2D eigenvalue weighted by Gasteiger charge is -2.62. The van der Waals surface area contributed by atoms with Gasteiger partial charge in [0, 0.05) is 10.8 Å². The summed E-state index contributed by atoms with van der Waals surface area (Å²) in [6.45, 7) is 12.0. The number of hydrogen-bond donors (Lipinski definition) is 1. The summed E-state index contributed by atoms with van der Waals surface area (Å²) in [5, 5.41) is 10.0. The van der Waals surface area contributed by atoms with Crippen molar-refractivity contribution in [2.75, 3.05) is 39.6 Å². The Hall–Kier alpha value is -0.240. The second-order valence-electron chi connectivity index (χ2n) is 8.17. The number of aliphatic hydroxyl groups excluding tert-OH is 1. The SMILES string of the molecule is CC1(C)C(OCC(O)COCC2CO2)C(C)(C)C1OCC1CO1. The quantitative estimate of drug-likeness (QED) is 0.603. The van der Waals surface area contributed by atoms with E-state index < -0.39 is 6.10 Å². The highest BCUT2D eigenvalue weighted by Crippen LogP contribution is 2.57. The molecule has 2 heterocycles. The van der Waals surface area contributed by atoms with Crippen LogP contribution in [0.3, 0.4) is 0 Å². The zero-order valence-electron chi connectivity index (χ0n) is 14.6. The lowest BCUT2D eigenvalue weighted by molar-refractivity contribution is -0.287. The molecule has 0 aromatic carbocycles. The van der Waals surface area contributed by atoms with E-state index in [2.05, 4.69) is 27.7 Å². The van der Waals surface area contributed by atoms with Gasteiger partial charge < -0.3 is 28.8 Å². The predicted octanol–water partition coefficient (Wildman–Crippen LogP) is 0.998. The predicted molar refractivity (Wildman–Crippen MR) is 83.3 cm³/mol. The van der Waals surface area contributed by atoms with Crippen molar-refractivity contribution in [3.8, 4) is 0 Å². The molecule has 3 aliphatic rings. The molecule has 1 aliphatic carbocycles. The van der Waals surface area contributed by atoms with E-state index in [1.54, 1.807) is 0 Å². The largest absolute Gasteiger partial charge is 0.388 e. The first-order chi connectivity index (χ1) is 10.8. The number of ether oxygens (including phenoxy) is 5.